The number of hydrogen-bond donors (Lipinski definition) is 2. The Hall–Kier alpha value is -3.32. The van der Waals surface area contributed by atoms with Gasteiger partial charge in [-0.15, -0.1) is 0 Å². The van der Waals surface area contributed by atoms with Crippen LogP contribution in [0.2, 0.25) is 0 Å². The molecule has 0 aliphatic heterocycles. The molecule has 0 fully saturated rings. The van der Waals surface area contributed by atoms with Crippen molar-refractivity contribution in [1.29, 1.82) is 0 Å². The molecule has 7 heteroatoms. The van der Waals surface area contributed by atoms with Crippen LogP contribution in [0.1, 0.15) is 60.2 Å². The molecule has 0 aromatic heterocycles. The van der Waals surface area contributed by atoms with Crippen LogP contribution in [0.15, 0.2) is 71.2 Å². The van der Waals surface area contributed by atoms with Crippen LogP contribution in [-0.2, 0) is 0 Å². The van der Waals surface area contributed by atoms with E-state index in [9.17, 15) is 9.59 Å². The first-order chi connectivity index (χ1) is 17.0. The number of benzene rings is 3. The number of ether oxygens (including phenoxy) is 2. The maximum atomic E-state index is 13.2. The van der Waals surface area contributed by atoms with Crippen molar-refractivity contribution in [2.45, 2.75) is 39.5 Å². The number of nitrogens with one attached hydrogen (secondary N) is 2. The van der Waals surface area contributed by atoms with E-state index in [1.807, 2.05) is 13.0 Å². The van der Waals surface area contributed by atoms with Crippen molar-refractivity contribution in [2.24, 2.45) is 0 Å². The Labute approximate surface area is 215 Å². The zero-order valence-electron chi connectivity index (χ0n) is 20.1. The predicted octanol–water partition coefficient (Wildman–Crippen LogP) is 7.31. The lowest BCUT2D eigenvalue weighted by atomic mass is 10.1. The van der Waals surface area contributed by atoms with Crippen molar-refractivity contribution in [3.63, 3.8) is 0 Å². The number of amides is 2. The summed E-state index contributed by atoms with van der Waals surface area (Å²) in [5, 5.41) is 5.75. The monoisotopic (exact) mass is 538 g/mol. The highest BCUT2D eigenvalue weighted by atomic mass is 79.9. The van der Waals surface area contributed by atoms with E-state index in [1.165, 1.54) is 0 Å². The lowest BCUT2D eigenvalue weighted by Gasteiger charge is -2.14. The molecule has 0 bridgehead atoms. The molecule has 2 N–H and O–H groups in total. The Morgan fingerprint density at radius 3 is 2.29 bits per heavy atom. The smallest absolute Gasteiger partial charge is 0.259 e. The lowest BCUT2D eigenvalue weighted by molar-refractivity contribution is 0.102. The average Bonchev–Trinajstić information content (AvgIpc) is 2.86. The van der Waals surface area contributed by atoms with E-state index in [1.54, 1.807) is 60.7 Å². The molecule has 3 aromatic rings. The number of hydrogen-bond acceptors (Lipinski definition) is 4. The lowest BCUT2D eigenvalue weighted by Crippen LogP contribution is -2.19. The Balaban J connectivity index is 1.72. The quantitative estimate of drug-likeness (QED) is 0.237. The summed E-state index contributed by atoms with van der Waals surface area (Å²) >= 11 is 3.43. The summed E-state index contributed by atoms with van der Waals surface area (Å²) < 4.78 is 12.1. The first-order valence-electron chi connectivity index (χ1n) is 11.9. The Morgan fingerprint density at radius 1 is 0.800 bits per heavy atom. The largest absolute Gasteiger partial charge is 0.494 e. The number of para-hydroxylation sites is 1. The zero-order valence-corrected chi connectivity index (χ0v) is 21.7. The second-order valence-electron chi connectivity index (χ2n) is 7.96. The van der Waals surface area contributed by atoms with Crippen LogP contribution in [0.4, 0.5) is 11.4 Å². The van der Waals surface area contributed by atoms with Gasteiger partial charge in [0.15, 0.2) is 0 Å². The van der Waals surface area contributed by atoms with Crippen molar-refractivity contribution < 1.29 is 19.1 Å². The molecular weight excluding hydrogens is 508 g/mol. The van der Waals surface area contributed by atoms with E-state index in [0.29, 0.717) is 41.5 Å². The molecule has 0 saturated heterocycles. The summed E-state index contributed by atoms with van der Waals surface area (Å²) in [7, 11) is 0. The Morgan fingerprint density at radius 2 is 1.54 bits per heavy atom. The normalized spacial score (nSPS) is 10.5. The summed E-state index contributed by atoms with van der Waals surface area (Å²) in [6.45, 7) is 5.19. The maximum absolute atomic E-state index is 13.2. The molecule has 0 aliphatic carbocycles. The number of unbranched alkanes of at least 4 members (excludes halogenated alkanes) is 3. The fourth-order valence-corrected chi connectivity index (χ4v) is 3.86. The molecule has 35 heavy (non-hydrogen) atoms. The van der Waals surface area contributed by atoms with Crippen molar-refractivity contribution in [3.8, 4) is 11.5 Å². The third-order valence-corrected chi connectivity index (χ3v) is 5.78. The zero-order chi connectivity index (χ0) is 25.0. The molecule has 3 rings (SSSR count). The molecule has 0 radical (unpaired) electrons. The van der Waals surface area contributed by atoms with Gasteiger partial charge in [-0.3, -0.25) is 9.59 Å². The minimum atomic E-state index is -0.351. The summed E-state index contributed by atoms with van der Waals surface area (Å²) in [6.07, 6.45) is 4.33. The van der Waals surface area contributed by atoms with Crippen molar-refractivity contribution >= 4 is 39.1 Å². The number of anilines is 2. The molecular formula is C28H31BrN2O4. The van der Waals surface area contributed by atoms with E-state index < -0.39 is 0 Å². The average molecular weight is 539 g/mol. The van der Waals surface area contributed by atoms with E-state index in [4.69, 9.17) is 9.47 Å². The van der Waals surface area contributed by atoms with Crippen LogP contribution in [0.3, 0.4) is 0 Å². The molecule has 0 aliphatic rings. The predicted molar refractivity (Wildman–Crippen MR) is 144 cm³/mol. The number of carbonyl (C=O) groups is 2. The van der Waals surface area contributed by atoms with Crippen LogP contribution in [-0.4, -0.2) is 25.0 Å². The number of carbonyl (C=O) groups excluding carboxylic acids is 2. The topological polar surface area (TPSA) is 76.7 Å². The van der Waals surface area contributed by atoms with Gasteiger partial charge in [0.25, 0.3) is 11.8 Å². The molecule has 184 valence electrons. The van der Waals surface area contributed by atoms with Crippen molar-refractivity contribution in [3.05, 3.63) is 82.3 Å². The van der Waals surface area contributed by atoms with Gasteiger partial charge < -0.3 is 20.1 Å². The Kier molecular flexibility index (Phi) is 10.2. The minimum Gasteiger partial charge on any atom is -0.494 e. The van der Waals surface area contributed by atoms with E-state index in [2.05, 4.69) is 33.5 Å². The van der Waals surface area contributed by atoms with Gasteiger partial charge in [0.05, 0.1) is 30.0 Å². The third-order valence-electron chi connectivity index (χ3n) is 5.28. The molecule has 0 atom stereocenters. The summed E-state index contributed by atoms with van der Waals surface area (Å²) in [5.41, 5.74) is 1.79. The first-order valence-corrected chi connectivity index (χ1v) is 12.7. The van der Waals surface area contributed by atoms with Crippen LogP contribution in [0.25, 0.3) is 0 Å². The fraction of sp³-hybridized carbons (Fsp3) is 0.286. The van der Waals surface area contributed by atoms with E-state index in [0.717, 1.165) is 35.9 Å². The van der Waals surface area contributed by atoms with Gasteiger partial charge in [-0.25, -0.2) is 0 Å². The highest BCUT2D eigenvalue weighted by Gasteiger charge is 2.18. The highest BCUT2D eigenvalue weighted by molar-refractivity contribution is 9.10. The van der Waals surface area contributed by atoms with Gasteiger partial charge in [0, 0.05) is 10.2 Å². The molecule has 0 spiro atoms. The molecule has 0 saturated carbocycles. The Bertz CT molecular complexity index is 1130. The van der Waals surface area contributed by atoms with Crippen molar-refractivity contribution in [2.75, 3.05) is 23.8 Å². The highest BCUT2D eigenvalue weighted by Crippen LogP contribution is 2.26. The van der Waals surface area contributed by atoms with Gasteiger partial charge in [0.2, 0.25) is 0 Å². The fourth-order valence-electron chi connectivity index (χ4n) is 3.50. The van der Waals surface area contributed by atoms with E-state index in [-0.39, 0.29) is 11.8 Å². The van der Waals surface area contributed by atoms with Crippen LogP contribution in [0.5, 0.6) is 11.5 Å². The van der Waals surface area contributed by atoms with Gasteiger partial charge in [-0.1, -0.05) is 54.2 Å². The van der Waals surface area contributed by atoms with Gasteiger partial charge >= 0.3 is 0 Å². The molecule has 0 heterocycles. The van der Waals surface area contributed by atoms with Crippen LogP contribution >= 0.6 is 15.9 Å². The van der Waals surface area contributed by atoms with Gasteiger partial charge in [-0.2, -0.15) is 0 Å². The standard InChI is InChI=1S/C28H31BrN2O4/c1-3-5-6-9-18-35-26-17-12-20(29)19-24(26)28(33)31-25-11-8-7-10-23(25)27(32)30-21-13-15-22(16-14-21)34-4-2/h7-8,10-17,19H,3-6,9,18H2,1-2H3,(H,30,32)(H,31,33). The van der Waals surface area contributed by atoms with Crippen molar-refractivity contribution in [1.82, 2.24) is 0 Å². The number of rotatable bonds is 12. The van der Waals surface area contributed by atoms with E-state index >= 15 is 0 Å². The SMILES string of the molecule is CCCCCCOc1ccc(Br)cc1C(=O)Nc1ccccc1C(=O)Nc1ccc(OCC)cc1. The molecule has 2 amide bonds. The first kappa shape index (κ1) is 26.3. The minimum absolute atomic E-state index is 0.327. The third kappa shape index (κ3) is 7.86. The van der Waals surface area contributed by atoms with Crippen LogP contribution < -0.4 is 20.1 Å². The summed E-state index contributed by atoms with van der Waals surface area (Å²) in [6, 6.07) is 19.4. The van der Waals surface area contributed by atoms with Crippen LogP contribution in [0, 0.1) is 0 Å². The second-order valence-corrected chi connectivity index (χ2v) is 8.88. The molecule has 0 unspecified atom stereocenters. The second kappa shape index (κ2) is 13.5. The molecule has 6 nitrogen and oxygen atoms in total. The maximum Gasteiger partial charge on any atom is 0.259 e. The molecule has 3 aromatic carbocycles. The van der Waals surface area contributed by atoms with Gasteiger partial charge in [-0.05, 0) is 67.9 Å². The van der Waals surface area contributed by atoms with Gasteiger partial charge in [0.1, 0.15) is 11.5 Å². The number of halogens is 1. The summed E-state index contributed by atoms with van der Waals surface area (Å²) in [4.78, 5) is 26.2. The summed E-state index contributed by atoms with van der Waals surface area (Å²) in [5.74, 6) is 0.567.